The zero-order valence-electron chi connectivity index (χ0n) is 23.2. The Morgan fingerprint density at radius 1 is 1.07 bits per heavy atom. The zero-order valence-corrected chi connectivity index (χ0v) is 24.0. The van der Waals surface area contributed by atoms with E-state index in [9.17, 15) is 14.4 Å². The SMILES string of the molecule is CC(=O)O[C@H](C)CCOc1cc(C)c(-c2cccc(COc3ccc(/C=C4\SC(=O)NC4=O)cc3)c2C)c(C)n1. The highest BCUT2D eigenvalue weighted by molar-refractivity contribution is 8.18. The second-order valence-corrected chi connectivity index (χ2v) is 10.6. The van der Waals surface area contributed by atoms with Crippen LogP contribution in [0.25, 0.3) is 17.2 Å². The quantitative estimate of drug-likeness (QED) is 0.228. The van der Waals surface area contributed by atoms with E-state index >= 15 is 0 Å². The number of rotatable bonds is 10. The molecule has 8 nitrogen and oxygen atoms in total. The van der Waals surface area contributed by atoms with Gasteiger partial charge in [-0.3, -0.25) is 19.7 Å². The van der Waals surface area contributed by atoms with Crippen LogP contribution < -0.4 is 14.8 Å². The summed E-state index contributed by atoms with van der Waals surface area (Å²) in [5.74, 6) is 0.568. The fourth-order valence-corrected chi connectivity index (χ4v) is 5.14. The number of nitrogens with zero attached hydrogens (tertiary/aromatic N) is 1. The van der Waals surface area contributed by atoms with Gasteiger partial charge in [0, 0.05) is 30.7 Å². The minimum Gasteiger partial charge on any atom is -0.489 e. The molecule has 0 aliphatic carbocycles. The van der Waals surface area contributed by atoms with Crippen molar-refractivity contribution in [2.75, 3.05) is 6.61 Å². The molecule has 1 N–H and O–H groups in total. The van der Waals surface area contributed by atoms with Gasteiger partial charge in [0.15, 0.2) is 0 Å². The smallest absolute Gasteiger partial charge is 0.302 e. The molecule has 0 saturated carbocycles. The number of aryl methyl sites for hydroxylation is 2. The number of nitrogens with one attached hydrogen (secondary N) is 1. The molecule has 1 saturated heterocycles. The standard InChI is InChI=1S/C31H32N2O6S/c1-18-15-28(37-14-13-19(2)39-22(5)34)32-21(4)29(18)26-8-6-7-24(20(26)3)17-38-25-11-9-23(10-12-25)16-27-30(35)33-31(36)40-27/h6-12,15-16,19H,13-14,17H2,1-5H3,(H,33,35,36)/b27-16-/t19-/m1/s1. The van der Waals surface area contributed by atoms with Crippen LogP contribution in [0.4, 0.5) is 4.79 Å². The first-order valence-electron chi connectivity index (χ1n) is 13.0. The first-order chi connectivity index (χ1) is 19.1. The number of imide groups is 1. The summed E-state index contributed by atoms with van der Waals surface area (Å²) >= 11 is 0.894. The Hall–Kier alpha value is -4.11. The number of pyridine rings is 1. The van der Waals surface area contributed by atoms with Crippen LogP contribution in [-0.4, -0.2) is 34.8 Å². The molecular weight excluding hydrogens is 528 g/mol. The van der Waals surface area contributed by atoms with Gasteiger partial charge in [-0.15, -0.1) is 0 Å². The number of carbonyl (C=O) groups is 3. The predicted molar refractivity (Wildman–Crippen MR) is 155 cm³/mol. The van der Waals surface area contributed by atoms with Crippen LogP contribution in [0.3, 0.4) is 0 Å². The first-order valence-corrected chi connectivity index (χ1v) is 13.8. The lowest BCUT2D eigenvalue weighted by Crippen LogP contribution is -2.17. The van der Waals surface area contributed by atoms with Crippen molar-refractivity contribution in [3.05, 3.63) is 81.4 Å². The van der Waals surface area contributed by atoms with E-state index < -0.39 is 0 Å². The van der Waals surface area contributed by atoms with Crippen LogP contribution in [0, 0.1) is 20.8 Å². The molecule has 1 aliphatic rings. The Morgan fingerprint density at radius 3 is 2.48 bits per heavy atom. The van der Waals surface area contributed by atoms with Crippen molar-refractivity contribution in [1.29, 1.82) is 0 Å². The van der Waals surface area contributed by atoms with Crippen LogP contribution in [-0.2, 0) is 20.9 Å². The molecule has 40 heavy (non-hydrogen) atoms. The maximum Gasteiger partial charge on any atom is 0.302 e. The predicted octanol–water partition coefficient (Wildman–Crippen LogP) is 6.30. The maximum atomic E-state index is 11.8. The van der Waals surface area contributed by atoms with Gasteiger partial charge >= 0.3 is 5.97 Å². The average molecular weight is 561 g/mol. The van der Waals surface area contributed by atoms with E-state index in [0.717, 1.165) is 50.8 Å². The lowest BCUT2D eigenvalue weighted by atomic mass is 9.93. The van der Waals surface area contributed by atoms with Crippen molar-refractivity contribution < 1.29 is 28.6 Å². The number of hydrogen-bond donors (Lipinski definition) is 1. The number of carbonyl (C=O) groups excluding carboxylic acids is 3. The molecule has 2 aromatic carbocycles. The molecule has 1 aliphatic heterocycles. The van der Waals surface area contributed by atoms with Crippen molar-refractivity contribution >= 4 is 35.0 Å². The number of amides is 2. The third-order valence-corrected chi connectivity index (χ3v) is 7.26. The van der Waals surface area contributed by atoms with Gasteiger partial charge in [0.1, 0.15) is 18.5 Å². The normalized spacial score (nSPS) is 14.7. The minimum atomic E-state index is -0.376. The Kier molecular flexibility index (Phi) is 9.26. The molecule has 1 aromatic heterocycles. The Labute approximate surface area is 238 Å². The van der Waals surface area contributed by atoms with Crippen LogP contribution in [0.2, 0.25) is 0 Å². The Bertz CT molecular complexity index is 1440. The highest BCUT2D eigenvalue weighted by atomic mass is 32.2. The summed E-state index contributed by atoms with van der Waals surface area (Å²) in [4.78, 5) is 39.3. The summed E-state index contributed by atoms with van der Waals surface area (Å²) in [6.45, 7) is 10.1. The average Bonchev–Trinajstić information content (AvgIpc) is 3.20. The highest BCUT2D eigenvalue weighted by Gasteiger charge is 2.24. The number of aromatic nitrogens is 1. The molecule has 208 valence electrons. The van der Waals surface area contributed by atoms with Gasteiger partial charge in [0.25, 0.3) is 11.1 Å². The van der Waals surface area contributed by atoms with Gasteiger partial charge in [0.2, 0.25) is 5.88 Å². The van der Waals surface area contributed by atoms with E-state index in [2.05, 4.69) is 23.3 Å². The Morgan fingerprint density at radius 2 is 1.82 bits per heavy atom. The lowest BCUT2D eigenvalue weighted by Gasteiger charge is -2.17. The van der Waals surface area contributed by atoms with Crippen molar-refractivity contribution in [3.8, 4) is 22.8 Å². The topological polar surface area (TPSA) is 104 Å². The third-order valence-electron chi connectivity index (χ3n) is 6.45. The van der Waals surface area contributed by atoms with E-state index in [0.29, 0.717) is 36.2 Å². The highest BCUT2D eigenvalue weighted by Crippen LogP contribution is 2.33. The molecule has 3 aromatic rings. The Balaban J connectivity index is 1.42. The van der Waals surface area contributed by atoms with E-state index in [-0.39, 0.29) is 23.2 Å². The van der Waals surface area contributed by atoms with E-state index in [1.807, 2.05) is 63.2 Å². The van der Waals surface area contributed by atoms with Gasteiger partial charge in [0.05, 0.1) is 11.5 Å². The first kappa shape index (κ1) is 28.9. The van der Waals surface area contributed by atoms with Gasteiger partial charge in [-0.1, -0.05) is 30.3 Å². The van der Waals surface area contributed by atoms with E-state index in [1.165, 1.54) is 6.92 Å². The minimum absolute atomic E-state index is 0.215. The van der Waals surface area contributed by atoms with Crippen LogP contribution in [0.15, 0.2) is 53.4 Å². The van der Waals surface area contributed by atoms with Gasteiger partial charge < -0.3 is 14.2 Å². The second kappa shape index (κ2) is 12.8. The van der Waals surface area contributed by atoms with Crippen molar-refractivity contribution in [1.82, 2.24) is 10.3 Å². The molecule has 0 spiro atoms. The fourth-order valence-electron chi connectivity index (χ4n) is 4.45. The summed E-state index contributed by atoms with van der Waals surface area (Å²) in [5, 5.41) is 1.89. The number of esters is 1. The summed E-state index contributed by atoms with van der Waals surface area (Å²) in [6.07, 6.45) is 2.05. The van der Waals surface area contributed by atoms with Gasteiger partial charge in [-0.25, -0.2) is 4.98 Å². The lowest BCUT2D eigenvalue weighted by molar-refractivity contribution is -0.145. The molecule has 0 bridgehead atoms. The molecule has 1 atom stereocenters. The van der Waals surface area contributed by atoms with Crippen molar-refractivity contribution in [2.24, 2.45) is 0 Å². The molecule has 1 fully saturated rings. The largest absolute Gasteiger partial charge is 0.489 e. The van der Waals surface area contributed by atoms with Crippen molar-refractivity contribution in [2.45, 2.75) is 53.8 Å². The number of hydrogen-bond acceptors (Lipinski definition) is 8. The summed E-state index contributed by atoms with van der Waals surface area (Å²) < 4.78 is 17.1. The van der Waals surface area contributed by atoms with E-state index in [4.69, 9.17) is 14.2 Å². The maximum absolute atomic E-state index is 11.8. The molecule has 9 heteroatoms. The summed E-state index contributed by atoms with van der Waals surface area (Å²) in [5.41, 5.74) is 7.03. The van der Waals surface area contributed by atoms with Crippen molar-refractivity contribution in [3.63, 3.8) is 0 Å². The summed E-state index contributed by atoms with van der Waals surface area (Å²) in [7, 11) is 0. The molecule has 2 heterocycles. The molecule has 0 unspecified atom stereocenters. The molecular formula is C31H32N2O6S. The fraction of sp³-hybridized carbons (Fsp3) is 0.290. The third kappa shape index (κ3) is 7.30. The zero-order chi connectivity index (χ0) is 28.8. The second-order valence-electron chi connectivity index (χ2n) is 9.59. The number of thioether (sulfide) groups is 1. The molecule has 0 radical (unpaired) electrons. The summed E-state index contributed by atoms with van der Waals surface area (Å²) in [6, 6.07) is 15.5. The monoisotopic (exact) mass is 560 g/mol. The number of benzene rings is 2. The van der Waals surface area contributed by atoms with Crippen LogP contribution in [0.1, 0.15) is 48.2 Å². The molecule has 2 amide bonds. The van der Waals surface area contributed by atoms with Gasteiger partial charge in [-0.2, -0.15) is 0 Å². The molecule has 4 rings (SSSR count). The van der Waals surface area contributed by atoms with E-state index in [1.54, 1.807) is 6.08 Å². The van der Waals surface area contributed by atoms with Gasteiger partial charge in [-0.05, 0) is 85.5 Å². The van der Waals surface area contributed by atoms with Crippen LogP contribution >= 0.6 is 11.8 Å². The van der Waals surface area contributed by atoms with Crippen LogP contribution in [0.5, 0.6) is 11.6 Å². The number of ether oxygens (including phenoxy) is 3.